The van der Waals surface area contributed by atoms with Crippen molar-refractivity contribution in [3.8, 4) is 0 Å². The Balaban J connectivity index is 1.57. The van der Waals surface area contributed by atoms with Gasteiger partial charge < -0.3 is 15.1 Å². The van der Waals surface area contributed by atoms with Crippen molar-refractivity contribution in [1.82, 2.24) is 15.1 Å². The molecule has 1 aliphatic heterocycles. The fourth-order valence-corrected chi connectivity index (χ4v) is 3.82. The molecule has 1 heterocycles. The van der Waals surface area contributed by atoms with E-state index in [1.165, 1.54) is 0 Å². The van der Waals surface area contributed by atoms with Gasteiger partial charge in [-0.25, -0.2) is 0 Å². The summed E-state index contributed by atoms with van der Waals surface area (Å²) in [7, 11) is 4.01. The van der Waals surface area contributed by atoms with Gasteiger partial charge in [0, 0.05) is 36.1 Å². The quantitative estimate of drug-likeness (QED) is 0.787. The zero-order chi connectivity index (χ0) is 20.8. The molecule has 2 aromatic rings. The molecule has 0 saturated carbocycles. The smallest absolute Gasteiger partial charge is 0.253 e. The maximum atomic E-state index is 12.9. The second-order valence-corrected chi connectivity index (χ2v) is 8.24. The summed E-state index contributed by atoms with van der Waals surface area (Å²) in [5.41, 5.74) is 1.73. The average molecular weight is 414 g/mol. The highest BCUT2D eigenvalue weighted by molar-refractivity contribution is 6.30. The first-order valence-corrected chi connectivity index (χ1v) is 10.4. The summed E-state index contributed by atoms with van der Waals surface area (Å²) in [4.78, 5) is 29.4. The molecule has 1 unspecified atom stereocenters. The Morgan fingerprint density at radius 2 is 1.69 bits per heavy atom. The molecule has 0 aromatic heterocycles. The van der Waals surface area contributed by atoms with Crippen molar-refractivity contribution >= 4 is 23.4 Å². The number of halogens is 1. The van der Waals surface area contributed by atoms with Crippen LogP contribution in [0, 0.1) is 5.92 Å². The van der Waals surface area contributed by atoms with Gasteiger partial charge in [-0.3, -0.25) is 9.59 Å². The predicted molar refractivity (Wildman–Crippen MR) is 116 cm³/mol. The topological polar surface area (TPSA) is 52.7 Å². The Labute approximate surface area is 177 Å². The van der Waals surface area contributed by atoms with Crippen LogP contribution in [0.5, 0.6) is 0 Å². The van der Waals surface area contributed by atoms with E-state index in [-0.39, 0.29) is 23.8 Å². The molecule has 2 aromatic carbocycles. The molecule has 1 aliphatic rings. The Hall–Kier alpha value is -2.37. The minimum absolute atomic E-state index is 0.00436. The zero-order valence-electron chi connectivity index (χ0n) is 17.0. The molecule has 0 radical (unpaired) electrons. The predicted octanol–water partition coefficient (Wildman–Crippen LogP) is 3.61. The molecule has 1 fully saturated rings. The average Bonchev–Trinajstić information content (AvgIpc) is 2.73. The number of likely N-dealkylation sites (N-methyl/N-ethyl adjacent to an activating group) is 1. The molecule has 1 saturated heterocycles. The molecule has 29 heavy (non-hydrogen) atoms. The monoisotopic (exact) mass is 413 g/mol. The molecule has 1 N–H and O–H groups in total. The highest BCUT2D eigenvalue weighted by Crippen LogP contribution is 2.22. The van der Waals surface area contributed by atoms with Crippen molar-refractivity contribution in [2.75, 3.05) is 33.7 Å². The lowest BCUT2D eigenvalue weighted by Crippen LogP contribution is -2.44. The molecule has 0 bridgehead atoms. The van der Waals surface area contributed by atoms with E-state index in [1.807, 2.05) is 49.3 Å². The highest BCUT2D eigenvalue weighted by atomic mass is 35.5. The summed E-state index contributed by atoms with van der Waals surface area (Å²) in [6.07, 6.45) is 1.35. The summed E-state index contributed by atoms with van der Waals surface area (Å²) >= 11 is 5.90. The number of amides is 2. The van der Waals surface area contributed by atoms with Crippen LogP contribution in [-0.2, 0) is 4.79 Å². The van der Waals surface area contributed by atoms with Crippen molar-refractivity contribution in [2.45, 2.75) is 18.9 Å². The summed E-state index contributed by atoms with van der Waals surface area (Å²) in [6.45, 7) is 1.91. The normalized spacial score (nSPS) is 15.9. The van der Waals surface area contributed by atoms with Crippen LogP contribution in [0.1, 0.15) is 34.8 Å². The summed E-state index contributed by atoms with van der Waals surface area (Å²) in [5.74, 6) is -0.00719. The van der Waals surface area contributed by atoms with Gasteiger partial charge in [0.15, 0.2) is 0 Å². The Bertz CT molecular complexity index is 816. The maximum Gasteiger partial charge on any atom is 0.253 e. The standard InChI is InChI=1S/C23H28ClN3O2/c1-26(2)16-21(17-6-4-3-5-7-17)25-22(28)18-12-14-27(15-13-18)23(29)19-8-10-20(24)11-9-19/h3-11,18,21H,12-16H2,1-2H3,(H,25,28). The van der Waals surface area contributed by atoms with E-state index in [4.69, 9.17) is 11.6 Å². The largest absolute Gasteiger partial charge is 0.348 e. The third-order valence-electron chi connectivity index (χ3n) is 5.31. The zero-order valence-corrected chi connectivity index (χ0v) is 17.7. The second kappa shape index (κ2) is 9.90. The fourth-order valence-electron chi connectivity index (χ4n) is 3.69. The third kappa shape index (κ3) is 5.81. The van der Waals surface area contributed by atoms with Crippen molar-refractivity contribution in [3.05, 3.63) is 70.7 Å². The number of likely N-dealkylation sites (tertiary alicyclic amines) is 1. The van der Waals surface area contributed by atoms with E-state index >= 15 is 0 Å². The van der Waals surface area contributed by atoms with Gasteiger partial charge in [0.25, 0.3) is 5.91 Å². The van der Waals surface area contributed by atoms with Gasteiger partial charge in [0.1, 0.15) is 0 Å². The number of nitrogens with one attached hydrogen (secondary N) is 1. The van der Waals surface area contributed by atoms with Gasteiger partial charge in [-0.2, -0.15) is 0 Å². The number of hydrogen-bond acceptors (Lipinski definition) is 3. The molecular weight excluding hydrogens is 386 g/mol. The summed E-state index contributed by atoms with van der Waals surface area (Å²) in [6, 6.07) is 16.9. The molecule has 0 aliphatic carbocycles. The van der Waals surface area contributed by atoms with Gasteiger partial charge in [0.05, 0.1) is 6.04 Å². The van der Waals surface area contributed by atoms with Crippen LogP contribution in [0.15, 0.2) is 54.6 Å². The van der Waals surface area contributed by atoms with E-state index in [9.17, 15) is 9.59 Å². The van der Waals surface area contributed by atoms with E-state index in [2.05, 4.69) is 10.2 Å². The number of nitrogens with zero attached hydrogens (tertiary/aromatic N) is 2. The molecule has 0 spiro atoms. The van der Waals surface area contributed by atoms with Gasteiger partial charge in [-0.1, -0.05) is 41.9 Å². The van der Waals surface area contributed by atoms with E-state index in [1.54, 1.807) is 24.3 Å². The molecular formula is C23H28ClN3O2. The van der Waals surface area contributed by atoms with Crippen LogP contribution in [0.25, 0.3) is 0 Å². The first-order chi connectivity index (χ1) is 13.9. The minimum Gasteiger partial charge on any atom is -0.348 e. The lowest BCUT2D eigenvalue weighted by molar-refractivity contribution is -0.127. The Morgan fingerprint density at radius 1 is 1.07 bits per heavy atom. The highest BCUT2D eigenvalue weighted by Gasteiger charge is 2.29. The number of carbonyl (C=O) groups excluding carboxylic acids is 2. The fraction of sp³-hybridized carbons (Fsp3) is 0.391. The Kier molecular flexibility index (Phi) is 7.29. The molecule has 154 valence electrons. The number of piperidine rings is 1. The number of benzene rings is 2. The SMILES string of the molecule is CN(C)CC(NC(=O)C1CCN(C(=O)c2ccc(Cl)cc2)CC1)c1ccccc1. The molecule has 5 nitrogen and oxygen atoms in total. The molecule has 2 amide bonds. The Morgan fingerprint density at radius 3 is 2.28 bits per heavy atom. The molecule has 6 heteroatoms. The number of carbonyl (C=O) groups is 2. The van der Waals surface area contributed by atoms with Crippen LogP contribution in [-0.4, -0.2) is 55.3 Å². The summed E-state index contributed by atoms with van der Waals surface area (Å²) in [5, 5.41) is 3.83. The van der Waals surface area contributed by atoms with Gasteiger partial charge >= 0.3 is 0 Å². The van der Waals surface area contributed by atoms with Gasteiger partial charge in [-0.15, -0.1) is 0 Å². The lowest BCUT2D eigenvalue weighted by Gasteiger charge is -2.32. The van der Waals surface area contributed by atoms with Crippen LogP contribution in [0.2, 0.25) is 5.02 Å². The first kappa shape index (κ1) is 21.3. The third-order valence-corrected chi connectivity index (χ3v) is 5.56. The minimum atomic E-state index is -0.0716. The van der Waals surface area contributed by atoms with Gasteiger partial charge in [-0.05, 0) is 56.8 Å². The lowest BCUT2D eigenvalue weighted by atomic mass is 9.94. The summed E-state index contributed by atoms with van der Waals surface area (Å²) < 4.78 is 0. The van der Waals surface area contributed by atoms with E-state index in [0.29, 0.717) is 36.5 Å². The first-order valence-electron chi connectivity index (χ1n) is 9.99. The van der Waals surface area contributed by atoms with Crippen LogP contribution in [0.3, 0.4) is 0 Å². The van der Waals surface area contributed by atoms with Crippen molar-refractivity contribution in [1.29, 1.82) is 0 Å². The maximum absolute atomic E-state index is 12.9. The number of rotatable bonds is 6. The van der Waals surface area contributed by atoms with E-state index in [0.717, 1.165) is 12.1 Å². The van der Waals surface area contributed by atoms with E-state index < -0.39 is 0 Å². The van der Waals surface area contributed by atoms with Crippen molar-refractivity contribution < 1.29 is 9.59 Å². The second-order valence-electron chi connectivity index (χ2n) is 7.81. The van der Waals surface area contributed by atoms with Gasteiger partial charge in [0.2, 0.25) is 5.91 Å². The van der Waals surface area contributed by atoms with Crippen molar-refractivity contribution in [3.63, 3.8) is 0 Å². The molecule has 3 rings (SSSR count). The van der Waals surface area contributed by atoms with Crippen molar-refractivity contribution in [2.24, 2.45) is 5.92 Å². The van der Waals surface area contributed by atoms with Crippen LogP contribution in [0.4, 0.5) is 0 Å². The molecule has 1 atom stereocenters. The number of hydrogen-bond donors (Lipinski definition) is 1. The van der Waals surface area contributed by atoms with Crippen LogP contribution >= 0.6 is 11.6 Å². The van der Waals surface area contributed by atoms with Crippen LogP contribution < -0.4 is 5.32 Å².